The van der Waals surface area contributed by atoms with Crippen molar-refractivity contribution in [2.45, 2.75) is 32.6 Å². The Bertz CT molecular complexity index is 1140. The second-order valence-corrected chi connectivity index (χ2v) is 8.90. The van der Waals surface area contributed by atoms with Gasteiger partial charge in [0.2, 0.25) is 0 Å². The Morgan fingerprint density at radius 1 is 1.03 bits per heavy atom. The number of likely N-dealkylation sites (tertiary alicyclic amines) is 1. The summed E-state index contributed by atoms with van der Waals surface area (Å²) >= 11 is 0. The number of piperidine rings is 1. The van der Waals surface area contributed by atoms with Crippen LogP contribution in [-0.4, -0.2) is 48.6 Å². The summed E-state index contributed by atoms with van der Waals surface area (Å²) in [7, 11) is 0. The van der Waals surface area contributed by atoms with Gasteiger partial charge in [-0.25, -0.2) is 0 Å². The Hall–Kier alpha value is -3.97. The van der Waals surface area contributed by atoms with Gasteiger partial charge in [-0.3, -0.25) is 14.6 Å². The molecular weight excluding hydrogens is 462 g/mol. The van der Waals surface area contributed by atoms with Crippen molar-refractivity contribution in [3.05, 3.63) is 96.2 Å². The molecule has 1 heterocycles. The highest BCUT2D eigenvalue weighted by atomic mass is 16.2. The number of nitrogens with two attached hydrogens (primary N) is 1. The maximum atomic E-state index is 12.7. The van der Waals surface area contributed by atoms with E-state index >= 15 is 0 Å². The van der Waals surface area contributed by atoms with Gasteiger partial charge in [0.15, 0.2) is 0 Å². The molecule has 37 heavy (non-hydrogen) atoms. The second kappa shape index (κ2) is 14.6. The molecule has 1 aliphatic rings. The first-order chi connectivity index (χ1) is 18.0. The number of amides is 2. The molecular formula is C30H37N5O2. The second-order valence-electron chi connectivity index (χ2n) is 8.90. The predicted octanol–water partition coefficient (Wildman–Crippen LogP) is 4.76. The highest BCUT2D eigenvalue weighted by Gasteiger charge is 2.12. The van der Waals surface area contributed by atoms with Crippen LogP contribution < -0.4 is 16.4 Å². The third-order valence-electron chi connectivity index (χ3n) is 6.12. The van der Waals surface area contributed by atoms with Crippen LogP contribution in [0.3, 0.4) is 0 Å². The maximum Gasteiger partial charge on any atom is 0.271 e. The third-order valence-corrected chi connectivity index (χ3v) is 6.12. The van der Waals surface area contributed by atoms with Crippen LogP contribution in [0.2, 0.25) is 0 Å². The Kier molecular flexibility index (Phi) is 10.9. The molecule has 0 aromatic heterocycles. The zero-order valence-corrected chi connectivity index (χ0v) is 21.6. The topological polar surface area (TPSA) is 99.8 Å². The molecule has 2 aromatic carbocycles. The zero-order valence-electron chi connectivity index (χ0n) is 21.6. The molecule has 2 aromatic rings. The number of benzene rings is 2. The van der Waals surface area contributed by atoms with Gasteiger partial charge in [-0.1, -0.05) is 56.3 Å². The van der Waals surface area contributed by atoms with Crippen molar-refractivity contribution in [2.75, 3.05) is 31.5 Å². The predicted molar refractivity (Wildman–Crippen MR) is 152 cm³/mol. The first kappa shape index (κ1) is 27.6. The van der Waals surface area contributed by atoms with Gasteiger partial charge in [0, 0.05) is 35.6 Å². The van der Waals surface area contributed by atoms with E-state index in [1.165, 1.54) is 19.3 Å². The zero-order chi connectivity index (χ0) is 26.5. The fraction of sp³-hybridized carbons (Fsp3) is 0.300. The molecule has 3 rings (SSSR count). The number of hydrogen-bond donors (Lipinski definition) is 3. The molecule has 1 fully saturated rings. The van der Waals surface area contributed by atoms with Crippen LogP contribution in [0, 0.1) is 0 Å². The summed E-state index contributed by atoms with van der Waals surface area (Å²) in [5.41, 5.74) is 9.58. The molecule has 1 saturated heterocycles. The average Bonchev–Trinajstić information content (AvgIpc) is 2.93. The van der Waals surface area contributed by atoms with Crippen LogP contribution in [0.4, 0.5) is 5.69 Å². The van der Waals surface area contributed by atoms with Gasteiger partial charge in [0.25, 0.3) is 11.8 Å². The van der Waals surface area contributed by atoms with Gasteiger partial charge in [-0.05, 0) is 68.8 Å². The fourth-order valence-corrected chi connectivity index (χ4v) is 4.05. The number of nitrogens with zero attached hydrogens (tertiary/aromatic N) is 2. The number of nitrogens with one attached hydrogen (secondary N) is 2. The lowest BCUT2D eigenvalue weighted by molar-refractivity contribution is -0.112. The summed E-state index contributed by atoms with van der Waals surface area (Å²) in [6, 6.07) is 16.5. The van der Waals surface area contributed by atoms with E-state index in [1.807, 2.05) is 43.3 Å². The lowest BCUT2D eigenvalue weighted by atomic mass is 10.1. The molecule has 0 bridgehead atoms. The summed E-state index contributed by atoms with van der Waals surface area (Å²) in [6.45, 7) is 9.41. The number of carbonyl (C=O) groups is 2. The summed E-state index contributed by atoms with van der Waals surface area (Å²) in [5, 5.41) is 5.75. The Labute approximate surface area is 219 Å². The Morgan fingerprint density at radius 3 is 2.38 bits per heavy atom. The molecule has 0 aliphatic carbocycles. The number of carbonyl (C=O) groups excluding carboxylic acids is 2. The Balaban J connectivity index is 1.57. The fourth-order valence-electron chi connectivity index (χ4n) is 4.05. The summed E-state index contributed by atoms with van der Waals surface area (Å²) in [4.78, 5) is 32.2. The molecule has 0 saturated carbocycles. The molecule has 7 heteroatoms. The van der Waals surface area contributed by atoms with Gasteiger partial charge >= 0.3 is 0 Å². The molecule has 4 N–H and O–H groups in total. The van der Waals surface area contributed by atoms with Crippen molar-refractivity contribution in [1.82, 2.24) is 10.2 Å². The van der Waals surface area contributed by atoms with E-state index in [0.29, 0.717) is 29.9 Å². The molecule has 0 unspecified atom stereocenters. The van der Waals surface area contributed by atoms with Crippen molar-refractivity contribution >= 4 is 28.9 Å². The van der Waals surface area contributed by atoms with E-state index in [4.69, 9.17) is 10.7 Å². The van der Waals surface area contributed by atoms with Crippen LogP contribution in [0.25, 0.3) is 5.70 Å². The third kappa shape index (κ3) is 8.88. The lowest BCUT2D eigenvalue weighted by Crippen LogP contribution is -2.37. The van der Waals surface area contributed by atoms with Gasteiger partial charge in [-0.2, -0.15) is 0 Å². The van der Waals surface area contributed by atoms with E-state index in [2.05, 4.69) is 22.1 Å². The minimum absolute atomic E-state index is 0.0474. The van der Waals surface area contributed by atoms with E-state index in [1.54, 1.807) is 36.4 Å². The SMILES string of the molecule is C=C\C=C(/N=C(\C=C(/N)C(=O)Nc1ccc(C(=O)NCCN2CCCCC2)cc1)CC)c1ccccc1. The summed E-state index contributed by atoms with van der Waals surface area (Å²) in [6.07, 6.45) is 9.43. The van der Waals surface area contributed by atoms with Crippen LogP contribution in [0.1, 0.15) is 48.5 Å². The first-order valence-corrected chi connectivity index (χ1v) is 12.8. The largest absolute Gasteiger partial charge is 0.394 e. The molecule has 0 radical (unpaired) electrons. The number of aliphatic imine (C=N–C) groups is 1. The van der Waals surface area contributed by atoms with Crippen molar-refractivity contribution in [3.63, 3.8) is 0 Å². The van der Waals surface area contributed by atoms with Crippen LogP contribution >= 0.6 is 0 Å². The normalized spacial score (nSPS) is 15.2. The van der Waals surface area contributed by atoms with E-state index in [9.17, 15) is 9.59 Å². The highest BCUT2D eigenvalue weighted by molar-refractivity contribution is 6.09. The van der Waals surface area contributed by atoms with E-state index < -0.39 is 5.91 Å². The quantitative estimate of drug-likeness (QED) is 0.236. The molecule has 2 amide bonds. The highest BCUT2D eigenvalue weighted by Crippen LogP contribution is 2.17. The molecule has 1 aliphatic heterocycles. The van der Waals surface area contributed by atoms with Crippen molar-refractivity contribution in [3.8, 4) is 0 Å². The van der Waals surface area contributed by atoms with Crippen molar-refractivity contribution in [2.24, 2.45) is 10.7 Å². The smallest absolute Gasteiger partial charge is 0.271 e. The number of rotatable bonds is 11. The van der Waals surface area contributed by atoms with Gasteiger partial charge < -0.3 is 21.3 Å². The molecule has 7 nitrogen and oxygen atoms in total. The number of anilines is 1. The van der Waals surface area contributed by atoms with E-state index in [-0.39, 0.29) is 11.6 Å². The standard InChI is InChI=1S/C30H37N5O2/c1-3-11-28(23-12-7-5-8-13-23)33-25(4-2)22-27(31)30(37)34-26-16-14-24(15-17-26)29(36)32-18-21-35-19-9-6-10-20-35/h3,5,7-8,11-17,22H,1,4,6,9-10,18-21,31H2,2H3,(H,32,36)(H,34,37)/b27-22-,28-11-,33-25-. The van der Waals surface area contributed by atoms with Crippen LogP contribution in [0.5, 0.6) is 0 Å². The minimum atomic E-state index is -0.436. The average molecular weight is 500 g/mol. The maximum absolute atomic E-state index is 12.7. The van der Waals surface area contributed by atoms with Gasteiger partial charge in [0.1, 0.15) is 0 Å². The summed E-state index contributed by atoms with van der Waals surface area (Å²) in [5.74, 6) is -0.561. The number of allylic oxidation sites excluding steroid dienone is 3. The Morgan fingerprint density at radius 2 is 1.73 bits per heavy atom. The van der Waals surface area contributed by atoms with Crippen molar-refractivity contribution < 1.29 is 9.59 Å². The lowest BCUT2D eigenvalue weighted by Gasteiger charge is -2.26. The van der Waals surface area contributed by atoms with Crippen molar-refractivity contribution in [1.29, 1.82) is 0 Å². The van der Waals surface area contributed by atoms with Gasteiger partial charge in [-0.15, -0.1) is 0 Å². The van der Waals surface area contributed by atoms with Crippen LogP contribution in [-0.2, 0) is 4.79 Å². The first-order valence-electron chi connectivity index (χ1n) is 12.8. The monoisotopic (exact) mass is 499 g/mol. The van der Waals surface area contributed by atoms with Gasteiger partial charge in [0.05, 0.1) is 11.4 Å². The van der Waals surface area contributed by atoms with E-state index in [0.717, 1.165) is 30.9 Å². The van der Waals surface area contributed by atoms with Crippen LogP contribution in [0.15, 0.2) is 90.1 Å². The number of hydrogen-bond acceptors (Lipinski definition) is 5. The summed E-state index contributed by atoms with van der Waals surface area (Å²) < 4.78 is 0. The molecule has 0 atom stereocenters. The molecule has 194 valence electrons. The minimum Gasteiger partial charge on any atom is -0.394 e. The molecule has 0 spiro atoms.